The van der Waals surface area contributed by atoms with E-state index in [0.717, 1.165) is 10.2 Å². The average molecular weight is 474 g/mol. The molecule has 1 unspecified atom stereocenters. The van der Waals surface area contributed by atoms with Crippen LogP contribution in [0.15, 0.2) is 64.5 Å². The number of benzene rings is 2. The van der Waals surface area contributed by atoms with Gasteiger partial charge in [0.1, 0.15) is 0 Å². The van der Waals surface area contributed by atoms with Crippen LogP contribution >= 0.6 is 11.3 Å². The Morgan fingerprint density at radius 3 is 2.69 bits per heavy atom. The lowest BCUT2D eigenvalue weighted by Gasteiger charge is -2.30. The van der Waals surface area contributed by atoms with E-state index in [0.29, 0.717) is 43.9 Å². The van der Waals surface area contributed by atoms with Crippen molar-refractivity contribution in [3.63, 3.8) is 0 Å². The molecule has 1 aromatic heterocycles. The summed E-state index contributed by atoms with van der Waals surface area (Å²) in [5.41, 5.74) is 1.01. The van der Waals surface area contributed by atoms with Gasteiger partial charge in [0, 0.05) is 26.2 Å². The summed E-state index contributed by atoms with van der Waals surface area (Å²) in [6.45, 7) is 4.28. The van der Waals surface area contributed by atoms with Gasteiger partial charge in [0.15, 0.2) is 4.80 Å². The monoisotopic (exact) mass is 473 g/mol. The van der Waals surface area contributed by atoms with E-state index in [1.165, 1.54) is 15.6 Å². The van der Waals surface area contributed by atoms with E-state index in [1.807, 2.05) is 35.8 Å². The number of nitrogens with zero attached hydrogens (tertiary/aromatic N) is 3. The highest BCUT2D eigenvalue weighted by molar-refractivity contribution is 7.89. The number of carbonyl (C=O) groups is 1. The molecule has 2 aromatic carbocycles. The fraction of sp³-hybridized carbons (Fsp3) is 0.391. The first kappa shape index (κ1) is 22.8. The Labute approximate surface area is 192 Å². The van der Waals surface area contributed by atoms with Crippen LogP contribution in [0.2, 0.25) is 0 Å². The molecule has 0 spiro atoms. The van der Waals surface area contributed by atoms with Crippen molar-refractivity contribution in [2.24, 2.45) is 10.9 Å². The van der Waals surface area contributed by atoms with Gasteiger partial charge in [-0.25, -0.2) is 8.42 Å². The molecule has 1 atom stereocenters. The largest absolute Gasteiger partial charge is 0.380 e. The number of thiazole rings is 1. The second-order valence-electron chi connectivity index (χ2n) is 7.67. The number of para-hydroxylation sites is 1. The van der Waals surface area contributed by atoms with Gasteiger partial charge in [-0.1, -0.05) is 41.7 Å². The van der Waals surface area contributed by atoms with Gasteiger partial charge in [-0.3, -0.25) is 4.79 Å². The van der Waals surface area contributed by atoms with E-state index in [2.05, 4.69) is 4.99 Å². The molecular weight excluding hydrogens is 446 g/mol. The summed E-state index contributed by atoms with van der Waals surface area (Å²) in [6, 6.07) is 16.3. The highest BCUT2D eigenvalue weighted by Gasteiger charge is 2.33. The summed E-state index contributed by atoms with van der Waals surface area (Å²) in [4.78, 5) is 18.4. The first-order chi connectivity index (χ1) is 15.5. The van der Waals surface area contributed by atoms with E-state index in [4.69, 9.17) is 4.74 Å². The van der Waals surface area contributed by atoms with Crippen molar-refractivity contribution in [3.8, 4) is 0 Å². The quantitative estimate of drug-likeness (QED) is 0.493. The lowest BCUT2D eigenvalue weighted by atomic mass is 9.99. The zero-order chi connectivity index (χ0) is 22.6. The number of fused-ring (bicyclic) bond motifs is 1. The Bertz CT molecular complexity index is 1250. The van der Waals surface area contributed by atoms with Crippen molar-refractivity contribution < 1.29 is 17.9 Å². The van der Waals surface area contributed by atoms with Crippen LogP contribution in [0.4, 0.5) is 0 Å². The van der Waals surface area contributed by atoms with Crippen molar-refractivity contribution in [2.45, 2.75) is 31.2 Å². The van der Waals surface area contributed by atoms with Crippen molar-refractivity contribution >= 4 is 37.5 Å². The van der Waals surface area contributed by atoms with Gasteiger partial charge in [0.25, 0.3) is 5.91 Å². The third-order valence-electron chi connectivity index (χ3n) is 5.57. The smallest absolute Gasteiger partial charge is 0.252 e. The molecule has 2 heterocycles. The van der Waals surface area contributed by atoms with Crippen molar-refractivity contribution in [3.05, 3.63) is 59.4 Å². The minimum Gasteiger partial charge on any atom is -0.380 e. The van der Waals surface area contributed by atoms with Crippen molar-refractivity contribution in [1.82, 2.24) is 8.87 Å². The van der Waals surface area contributed by atoms with Crippen LogP contribution in [0.25, 0.3) is 10.2 Å². The van der Waals surface area contributed by atoms with Crippen LogP contribution in [0.3, 0.4) is 0 Å². The van der Waals surface area contributed by atoms with Crippen LogP contribution in [-0.2, 0) is 26.1 Å². The van der Waals surface area contributed by atoms with Crippen LogP contribution in [0, 0.1) is 5.92 Å². The van der Waals surface area contributed by atoms with Gasteiger partial charge >= 0.3 is 0 Å². The Morgan fingerprint density at radius 1 is 1.16 bits per heavy atom. The van der Waals surface area contributed by atoms with Crippen LogP contribution in [0.1, 0.15) is 19.8 Å². The van der Waals surface area contributed by atoms with Crippen LogP contribution in [0.5, 0.6) is 0 Å². The van der Waals surface area contributed by atoms with E-state index >= 15 is 0 Å². The first-order valence-electron chi connectivity index (χ1n) is 10.8. The molecule has 0 N–H and O–H groups in total. The Balaban J connectivity index is 1.59. The molecule has 1 amide bonds. The standard InChI is InChI=1S/C23H27N3O4S2/c1-2-30-16-15-26-20-12-6-7-13-21(20)31-23(26)24-22(27)18-9-8-14-25(17-18)32(28,29)19-10-4-3-5-11-19/h3-7,10-13,18H,2,8-9,14-17H2,1H3. The Kier molecular flexibility index (Phi) is 7.20. The molecule has 9 heteroatoms. The zero-order valence-electron chi connectivity index (χ0n) is 18.0. The fourth-order valence-corrected chi connectivity index (χ4v) is 6.52. The maximum atomic E-state index is 13.1. The predicted octanol–water partition coefficient (Wildman–Crippen LogP) is 3.27. The van der Waals surface area contributed by atoms with Gasteiger partial charge in [0.2, 0.25) is 10.0 Å². The maximum absolute atomic E-state index is 13.1. The summed E-state index contributed by atoms with van der Waals surface area (Å²) >= 11 is 1.47. The molecule has 1 saturated heterocycles. The second-order valence-corrected chi connectivity index (χ2v) is 10.6. The molecular formula is C23H27N3O4S2. The summed E-state index contributed by atoms with van der Waals surface area (Å²) in [5, 5.41) is 0. The van der Waals surface area contributed by atoms with Gasteiger partial charge in [-0.2, -0.15) is 9.30 Å². The molecule has 0 saturated carbocycles. The van der Waals surface area contributed by atoms with Crippen molar-refractivity contribution in [2.75, 3.05) is 26.3 Å². The molecule has 4 rings (SSSR count). The fourth-order valence-electron chi connectivity index (χ4n) is 3.91. The molecule has 170 valence electrons. The lowest BCUT2D eigenvalue weighted by Crippen LogP contribution is -2.42. The minimum absolute atomic E-state index is 0.156. The number of rotatable bonds is 7. The Morgan fingerprint density at radius 2 is 1.91 bits per heavy atom. The summed E-state index contributed by atoms with van der Waals surface area (Å²) in [5.74, 6) is -0.720. The van der Waals surface area contributed by atoms with Crippen LogP contribution in [-0.4, -0.2) is 49.5 Å². The molecule has 0 aliphatic carbocycles. The number of piperidine rings is 1. The number of ether oxygens (including phenoxy) is 1. The van der Waals surface area contributed by atoms with Gasteiger partial charge < -0.3 is 9.30 Å². The van der Waals surface area contributed by atoms with E-state index in [1.54, 1.807) is 30.3 Å². The second kappa shape index (κ2) is 10.1. The number of hydrogen-bond acceptors (Lipinski definition) is 5. The first-order valence-corrected chi connectivity index (χ1v) is 13.1. The van der Waals surface area contributed by atoms with Crippen LogP contribution < -0.4 is 4.80 Å². The number of amides is 1. The molecule has 0 radical (unpaired) electrons. The SMILES string of the molecule is CCOCCn1c(=NC(=O)C2CCCN(S(=O)(=O)c3ccccc3)C2)sc2ccccc21. The molecule has 1 aliphatic heterocycles. The molecule has 1 fully saturated rings. The topological polar surface area (TPSA) is 81.0 Å². The number of sulfonamides is 1. The number of hydrogen-bond donors (Lipinski definition) is 0. The summed E-state index contributed by atoms with van der Waals surface area (Å²) in [6.07, 6.45) is 1.27. The molecule has 1 aliphatic rings. The normalized spacial score (nSPS) is 18.3. The number of aromatic nitrogens is 1. The summed E-state index contributed by atoms with van der Waals surface area (Å²) in [7, 11) is -3.62. The molecule has 3 aromatic rings. The van der Waals surface area contributed by atoms with Gasteiger partial charge in [-0.15, -0.1) is 0 Å². The third kappa shape index (κ3) is 4.85. The average Bonchev–Trinajstić information content (AvgIpc) is 3.17. The Hall–Kier alpha value is -2.33. The highest BCUT2D eigenvalue weighted by Crippen LogP contribution is 2.24. The van der Waals surface area contributed by atoms with E-state index < -0.39 is 15.9 Å². The predicted molar refractivity (Wildman–Crippen MR) is 125 cm³/mol. The molecule has 7 nitrogen and oxygen atoms in total. The third-order valence-corrected chi connectivity index (χ3v) is 8.51. The molecule has 0 bridgehead atoms. The van der Waals surface area contributed by atoms with E-state index in [9.17, 15) is 13.2 Å². The molecule has 32 heavy (non-hydrogen) atoms. The number of carbonyl (C=O) groups excluding carboxylic acids is 1. The lowest BCUT2D eigenvalue weighted by molar-refractivity contribution is -0.122. The minimum atomic E-state index is -3.62. The van der Waals surface area contributed by atoms with Gasteiger partial charge in [0.05, 0.1) is 27.6 Å². The van der Waals surface area contributed by atoms with Gasteiger partial charge in [-0.05, 0) is 44.0 Å². The zero-order valence-corrected chi connectivity index (χ0v) is 19.6. The van der Waals surface area contributed by atoms with Crippen molar-refractivity contribution in [1.29, 1.82) is 0 Å². The summed E-state index contributed by atoms with van der Waals surface area (Å²) < 4.78 is 36.0. The highest BCUT2D eigenvalue weighted by atomic mass is 32.2. The maximum Gasteiger partial charge on any atom is 0.252 e. The van der Waals surface area contributed by atoms with E-state index in [-0.39, 0.29) is 17.3 Å².